The molecule has 0 N–H and O–H groups in total. The molecule has 2 saturated carbocycles. The highest BCUT2D eigenvalue weighted by molar-refractivity contribution is 6.05. The smallest absolute Gasteiger partial charge is 0.341 e. The second kappa shape index (κ2) is 5.37. The van der Waals surface area contributed by atoms with Gasteiger partial charge < -0.3 is 13.9 Å². The highest BCUT2D eigenvalue weighted by Gasteiger charge is 2.67. The van der Waals surface area contributed by atoms with E-state index in [0.717, 1.165) is 0 Å². The fraction of sp³-hybridized carbons (Fsp3) is 0.591. The van der Waals surface area contributed by atoms with E-state index in [9.17, 15) is 14.4 Å². The van der Waals surface area contributed by atoms with Gasteiger partial charge in [0.05, 0.1) is 12.9 Å². The summed E-state index contributed by atoms with van der Waals surface area (Å²) in [5.74, 6) is -0.262. The number of carbonyl (C=O) groups excluding carboxylic acids is 3. The molecule has 2 fully saturated rings. The maximum atomic E-state index is 13.6. The summed E-state index contributed by atoms with van der Waals surface area (Å²) in [6.45, 7) is 8.31. The molecule has 28 heavy (non-hydrogen) atoms. The molecule has 3 unspecified atom stereocenters. The standard InChI is InChI=1S/C22H24O6/c1-10(26-4)11-7-21(2)13(5-6-14(21)23)15-16(11)22(3)9-28-20(25)12-8-27-19(17(12)22)18(15)24/h8,11,13,15-16H,1,5-7,9H2,2-4H3/t11-,13?,15+,16?,21?,22+/m0/s1. The van der Waals surface area contributed by atoms with Crippen LogP contribution >= 0.6 is 0 Å². The molecular formula is C22H24O6. The van der Waals surface area contributed by atoms with Crippen LogP contribution in [-0.4, -0.2) is 31.3 Å². The third-order valence-electron chi connectivity index (χ3n) is 8.06. The van der Waals surface area contributed by atoms with Crippen LogP contribution in [0.5, 0.6) is 0 Å². The predicted octanol–water partition coefficient (Wildman–Crippen LogP) is 3.30. The SMILES string of the molecule is C=C(OC)[C@@H]1CC2(C)C(=O)CCC2[C@H]2C(=O)c3occ4c3[C@](C)(COC4=O)C21. The molecule has 1 aromatic heterocycles. The van der Waals surface area contributed by atoms with Gasteiger partial charge in [-0.25, -0.2) is 4.79 Å². The van der Waals surface area contributed by atoms with Crippen molar-refractivity contribution < 1.29 is 28.3 Å². The van der Waals surface area contributed by atoms with E-state index in [2.05, 4.69) is 6.58 Å². The maximum Gasteiger partial charge on any atom is 0.341 e. The van der Waals surface area contributed by atoms with Crippen LogP contribution in [0.25, 0.3) is 0 Å². The minimum absolute atomic E-state index is 0.0467. The maximum absolute atomic E-state index is 13.6. The molecule has 148 valence electrons. The van der Waals surface area contributed by atoms with Crippen molar-refractivity contribution in [2.45, 2.75) is 38.5 Å². The topological polar surface area (TPSA) is 82.8 Å². The number of ether oxygens (including phenoxy) is 2. The van der Waals surface area contributed by atoms with Crippen molar-refractivity contribution in [3.05, 3.63) is 35.5 Å². The number of hydrogen-bond acceptors (Lipinski definition) is 6. The van der Waals surface area contributed by atoms with Crippen LogP contribution in [0, 0.1) is 29.1 Å². The van der Waals surface area contributed by atoms with E-state index in [0.29, 0.717) is 36.1 Å². The van der Waals surface area contributed by atoms with Crippen molar-refractivity contribution in [3.8, 4) is 0 Å². The van der Waals surface area contributed by atoms with Gasteiger partial charge in [-0.1, -0.05) is 20.4 Å². The Balaban J connectivity index is 1.76. The third kappa shape index (κ3) is 1.86. The Morgan fingerprint density at radius 1 is 1.25 bits per heavy atom. The molecule has 0 bridgehead atoms. The normalized spacial score (nSPS) is 41.0. The first-order valence-electron chi connectivity index (χ1n) is 9.83. The Morgan fingerprint density at radius 3 is 2.71 bits per heavy atom. The molecule has 0 aromatic carbocycles. The minimum Gasteiger partial charge on any atom is -0.501 e. The number of ketones is 2. The zero-order valence-electron chi connectivity index (χ0n) is 16.4. The van der Waals surface area contributed by atoms with Crippen LogP contribution < -0.4 is 0 Å². The van der Waals surface area contributed by atoms with Crippen molar-refractivity contribution in [2.24, 2.45) is 29.1 Å². The first-order valence-corrected chi connectivity index (χ1v) is 9.83. The molecule has 2 heterocycles. The lowest BCUT2D eigenvalue weighted by atomic mass is 9.46. The van der Waals surface area contributed by atoms with Gasteiger partial charge in [-0.05, 0) is 24.7 Å². The molecule has 0 spiro atoms. The number of methoxy groups -OCH3 is 1. The molecule has 0 saturated heterocycles. The highest BCUT2D eigenvalue weighted by atomic mass is 16.5. The minimum atomic E-state index is -0.580. The summed E-state index contributed by atoms with van der Waals surface area (Å²) in [7, 11) is 1.57. The van der Waals surface area contributed by atoms with E-state index in [4.69, 9.17) is 13.9 Å². The van der Waals surface area contributed by atoms with Crippen molar-refractivity contribution in [1.82, 2.24) is 0 Å². The van der Waals surface area contributed by atoms with Gasteiger partial charge in [0.2, 0.25) is 5.78 Å². The van der Waals surface area contributed by atoms with Crippen molar-refractivity contribution in [1.29, 1.82) is 0 Å². The molecule has 0 amide bonds. The monoisotopic (exact) mass is 384 g/mol. The molecule has 6 nitrogen and oxygen atoms in total. The Kier molecular flexibility index (Phi) is 3.39. The summed E-state index contributed by atoms with van der Waals surface area (Å²) in [5, 5.41) is 0. The van der Waals surface area contributed by atoms with E-state index in [-0.39, 0.29) is 47.6 Å². The number of esters is 1. The van der Waals surface area contributed by atoms with Crippen LogP contribution in [-0.2, 0) is 19.7 Å². The first-order chi connectivity index (χ1) is 13.2. The largest absolute Gasteiger partial charge is 0.501 e. The average molecular weight is 384 g/mol. The van der Waals surface area contributed by atoms with Gasteiger partial charge in [0.25, 0.3) is 0 Å². The fourth-order valence-electron chi connectivity index (χ4n) is 6.71. The predicted molar refractivity (Wildman–Crippen MR) is 97.7 cm³/mol. The number of fused-ring (bicyclic) bond motifs is 4. The average Bonchev–Trinajstić information content (AvgIpc) is 3.25. The lowest BCUT2D eigenvalue weighted by Gasteiger charge is -2.57. The van der Waals surface area contributed by atoms with E-state index in [1.807, 2.05) is 13.8 Å². The Hall–Kier alpha value is -2.37. The van der Waals surface area contributed by atoms with Gasteiger partial charge in [0.1, 0.15) is 24.2 Å². The number of cyclic esters (lactones) is 1. The summed E-state index contributed by atoms with van der Waals surface area (Å²) >= 11 is 0. The second-order valence-corrected chi connectivity index (χ2v) is 9.23. The van der Waals surface area contributed by atoms with Gasteiger partial charge in [0, 0.05) is 34.7 Å². The van der Waals surface area contributed by atoms with E-state index in [1.165, 1.54) is 6.26 Å². The summed E-state index contributed by atoms with van der Waals surface area (Å²) in [6, 6.07) is 0. The molecule has 0 radical (unpaired) electrons. The van der Waals surface area contributed by atoms with Crippen molar-refractivity contribution >= 4 is 17.5 Å². The van der Waals surface area contributed by atoms with E-state index in [1.54, 1.807) is 7.11 Å². The number of Topliss-reactive ketones (excluding diaryl/α,β-unsaturated/α-hetero) is 2. The zero-order chi connectivity index (χ0) is 20.0. The number of hydrogen-bond donors (Lipinski definition) is 0. The number of rotatable bonds is 2. The molecular weight excluding hydrogens is 360 g/mol. The number of furan rings is 1. The van der Waals surface area contributed by atoms with Crippen LogP contribution in [0.15, 0.2) is 23.0 Å². The molecule has 6 heteroatoms. The Morgan fingerprint density at radius 2 is 2.00 bits per heavy atom. The Bertz CT molecular complexity index is 941. The van der Waals surface area contributed by atoms with Crippen LogP contribution in [0.4, 0.5) is 0 Å². The molecule has 5 rings (SSSR count). The van der Waals surface area contributed by atoms with E-state index < -0.39 is 16.8 Å². The lowest BCUT2D eigenvalue weighted by Crippen LogP contribution is -2.60. The van der Waals surface area contributed by atoms with Crippen LogP contribution in [0.1, 0.15) is 59.6 Å². The summed E-state index contributed by atoms with van der Waals surface area (Å²) in [4.78, 5) is 38.7. The van der Waals surface area contributed by atoms with E-state index >= 15 is 0 Å². The zero-order valence-corrected chi connectivity index (χ0v) is 16.4. The van der Waals surface area contributed by atoms with Gasteiger partial charge in [-0.15, -0.1) is 0 Å². The summed E-state index contributed by atoms with van der Waals surface area (Å²) in [6.07, 6.45) is 3.14. The molecule has 4 aliphatic rings. The number of allylic oxidation sites excluding steroid dienone is 1. The summed E-state index contributed by atoms with van der Waals surface area (Å²) < 4.78 is 16.7. The molecule has 1 aromatic rings. The highest BCUT2D eigenvalue weighted by Crippen LogP contribution is 2.65. The quantitative estimate of drug-likeness (QED) is 0.575. The molecule has 6 atom stereocenters. The fourth-order valence-corrected chi connectivity index (χ4v) is 6.71. The molecule has 3 aliphatic carbocycles. The third-order valence-corrected chi connectivity index (χ3v) is 8.06. The second-order valence-electron chi connectivity index (χ2n) is 9.23. The Labute approximate surface area is 163 Å². The first kappa shape index (κ1) is 17.7. The van der Waals surface area contributed by atoms with Crippen LogP contribution in [0.2, 0.25) is 0 Å². The van der Waals surface area contributed by atoms with Gasteiger partial charge >= 0.3 is 5.97 Å². The van der Waals surface area contributed by atoms with Crippen LogP contribution in [0.3, 0.4) is 0 Å². The summed E-state index contributed by atoms with van der Waals surface area (Å²) in [5.41, 5.74) is -0.147. The van der Waals surface area contributed by atoms with Gasteiger partial charge in [-0.2, -0.15) is 0 Å². The van der Waals surface area contributed by atoms with Crippen molar-refractivity contribution in [2.75, 3.05) is 13.7 Å². The lowest BCUT2D eigenvalue weighted by molar-refractivity contribution is -0.133. The van der Waals surface area contributed by atoms with Gasteiger partial charge in [0.15, 0.2) is 5.76 Å². The number of carbonyl (C=O) groups is 3. The van der Waals surface area contributed by atoms with Crippen molar-refractivity contribution in [3.63, 3.8) is 0 Å². The van der Waals surface area contributed by atoms with Gasteiger partial charge in [-0.3, -0.25) is 9.59 Å². The molecule has 1 aliphatic heterocycles.